The van der Waals surface area contributed by atoms with Crippen molar-refractivity contribution in [3.8, 4) is 0 Å². The number of hydrazone groups is 1. The lowest BCUT2D eigenvalue weighted by atomic mass is 9.95. The Morgan fingerprint density at radius 2 is 1.76 bits per heavy atom. The molecule has 1 aromatic heterocycles. The fraction of sp³-hybridized carbons (Fsp3) is 0.406. The summed E-state index contributed by atoms with van der Waals surface area (Å²) in [5, 5.41) is 17.1. The van der Waals surface area contributed by atoms with Gasteiger partial charge in [0, 0.05) is 49.7 Å². The molecular weight excluding hydrogens is 534 g/mol. The number of hydrogen-bond donors (Lipinski definition) is 3. The number of β-amino-alcohol motifs (C(OH)–C–C–N with tert-alkyl or cyclic N) is 1. The van der Waals surface area contributed by atoms with Crippen LogP contribution in [-0.4, -0.2) is 72.3 Å². The van der Waals surface area contributed by atoms with Crippen molar-refractivity contribution in [2.75, 3.05) is 44.6 Å². The van der Waals surface area contributed by atoms with Gasteiger partial charge in [0.2, 0.25) is 0 Å². The van der Waals surface area contributed by atoms with Crippen molar-refractivity contribution >= 4 is 34.4 Å². The number of hydrogen-bond acceptors (Lipinski definition) is 7. The van der Waals surface area contributed by atoms with Gasteiger partial charge in [0.1, 0.15) is 5.00 Å². The van der Waals surface area contributed by atoms with Crippen LogP contribution in [0.3, 0.4) is 0 Å². The first-order valence-corrected chi connectivity index (χ1v) is 15.2. The number of thiophene rings is 1. The summed E-state index contributed by atoms with van der Waals surface area (Å²) in [7, 11) is 0. The molecule has 0 spiro atoms. The van der Waals surface area contributed by atoms with Gasteiger partial charge in [0.25, 0.3) is 11.8 Å². The maximum atomic E-state index is 13.4. The summed E-state index contributed by atoms with van der Waals surface area (Å²) in [6.07, 6.45) is 5.51. The molecule has 0 atom stereocenters. The molecule has 0 bridgehead atoms. The normalized spacial score (nSPS) is 16.1. The van der Waals surface area contributed by atoms with Crippen LogP contribution < -0.4 is 10.7 Å². The SMILES string of the molecule is Cc1ccc(/C=N/NC(=O)c2c(NC(=O)c3cccc(CN4CCN(CCO)CC4)c3)sc3c2CCCC3)cc1C. The van der Waals surface area contributed by atoms with Gasteiger partial charge < -0.3 is 10.4 Å². The zero-order valence-electron chi connectivity index (χ0n) is 23.9. The van der Waals surface area contributed by atoms with Crippen LogP contribution in [-0.2, 0) is 19.4 Å². The van der Waals surface area contributed by atoms with Crippen molar-refractivity contribution in [2.24, 2.45) is 5.10 Å². The highest BCUT2D eigenvalue weighted by atomic mass is 32.1. The molecule has 41 heavy (non-hydrogen) atoms. The van der Waals surface area contributed by atoms with Gasteiger partial charge in [-0.25, -0.2) is 5.43 Å². The number of nitrogens with one attached hydrogen (secondary N) is 2. The van der Waals surface area contributed by atoms with E-state index < -0.39 is 0 Å². The molecule has 2 aliphatic rings. The maximum Gasteiger partial charge on any atom is 0.274 e. The number of carbonyl (C=O) groups excluding carboxylic acids is 2. The standard InChI is InChI=1S/C32H39N5O3S/c1-22-10-11-24(18-23(22)2)20-33-35-31(40)29-27-8-3-4-9-28(27)41-32(29)34-30(39)26-7-5-6-25(19-26)21-37-14-12-36(13-15-37)16-17-38/h5-7,10-11,18-20,38H,3-4,8-9,12-17,21H2,1-2H3,(H,34,39)(H,35,40)/b33-20+. The van der Waals surface area contributed by atoms with Crippen LogP contribution >= 0.6 is 11.3 Å². The van der Waals surface area contributed by atoms with Crippen LogP contribution in [0.25, 0.3) is 0 Å². The molecule has 0 unspecified atom stereocenters. The van der Waals surface area contributed by atoms with E-state index in [-0.39, 0.29) is 18.4 Å². The van der Waals surface area contributed by atoms with E-state index in [0.717, 1.165) is 75.1 Å². The molecule has 3 N–H and O–H groups in total. The van der Waals surface area contributed by atoms with Crippen molar-refractivity contribution in [1.29, 1.82) is 0 Å². The highest BCUT2D eigenvalue weighted by molar-refractivity contribution is 7.17. The van der Waals surface area contributed by atoms with Crippen LogP contribution in [0.5, 0.6) is 0 Å². The number of piperazine rings is 1. The smallest absolute Gasteiger partial charge is 0.274 e. The van der Waals surface area contributed by atoms with Crippen molar-refractivity contribution in [1.82, 2.24) is 15.2 Å². The minimum absolute atomic E-state index is 0.189. The van der Waals surface area contributed by atoms with Gasteiger partial charge in [-0.3, -0.25) is 19.4 Å². The van der Waals surface area contributed by atoms with E-state index in [2.05, 4.69) is 39.5 Å². The van der Waals surface area contributed by atoms with Crippen LogP contribution in [0.15, 0.2) is 47.6 Å². The molecule has 0 radical (unpaired) electrons. The second-order valence-electron chi connectivity index (χ2n) is 11.0. The Labute approximate surface area is 246 Å². The summed E-state index contributed by atoms with van der Waals surface area (Å²) in [5.41, 5.74) is 9.22. The van der Waals surface area contributed by atoms with E-state index in [1.165, 1.54) is 27.3 Å². The minimum Gasteiger partial charge on any atom is -0.395 e. The first-order chi connectivity index (χ1) is 19.9. The molecule has 1 fully saturated rings. The van der Waals surface area contributed by atoms with E-state index in [0.29, 0.717) is 22.7 Å². The number of aliphatic hydroxyl groups is 1. The van der Waals surface area contributed by atoms with Crippen molar-refractivity contribution in [3.05, 3.63) is 86.3 Å². The maximum absolute atomic E-state index is 13.4. The second-order valence-corrected chi connectivity index (χ2v) is 12.1. The van der Waals surface area contributed by atoms with Gasteiger partial charge >= 0.3 is 0 Å². The third kappa shape index (κ3) is 7.29. The molecule has 8 nitrogen and oxygen atoms in total. The third-order valence-electron chi connectivity index (χ3n) is 8.01. The number of benzene rings is 2. The summed E-state index contributed by atoms with van der Waals surface area (Å²) in [4.78, 5) is 32.6. The summed E-state index contributed by atoms with van der Waals surface area (Å²) >= 11 is 1.51. The number of nitrogens with zero attached hydrogens (tertiary/aromatic N) is 3. The zero-order chi connectivity index (χ0) is 28.8. The highest BCUT2D eigenvalue weighted by Crippen LogP contribution is 2.38. The van der Waals surface area contributed by atoms with E-state index in [9.17, 15) is 14.7 Å². The number of rotatable bonds is 9. The third-order valence-corrected chi connectivity index (χ3v) is 9.22. The Kier molecular flexibility index (Phi) is 9.61. The monoisotopic (exact) mass is 573 g/mol. The van der Waals surface area contributed by atoms with E-state index in [4.69, 9.17) is 0 Å². The summed E-state index contributed by atoms with van der Waals surface area (Å²) in [6, 6.07) is 13.8. The number of aryl methyl sites for hydroxylation is 3. The lowest BCUT2D eigenvalue weighted by Gasteiger charge is -2.34. The molecule has 2 aromatic carbocycles. The zero-order valence-corrected chi connectivity index (χ0v) is 24.7. The van der Waals surface area contributed by atoms with Crippen molar-refractivity contribution < 1.29 is 14.7 Å². The number of amides is 2. The van der Waals surface area contributed by atoms with E-state index >= 15 is 0 Å². The van der Waals surface area contributed by atoms with Gasteiger partial charge in [-0.15, -0.1) is 11.3 Å². The number of aliphatic hydroxyl groups excluding tert-OH is 1. The number of fused-ring (bicyclic) bond motifs is 1. The summed E-state index contributed by atoms with van der Waals surface area (Å²) in [6.45, 7) is 9.52. The summed E-state index contributed by atoms with van der Waals surface area (Å²) < 4.78 is 0. The highest BCUT2D eigenvalue weighted by Gasteiger charge is 2.27. The number of anilines is 1. The first kappa shape index (κ1) is 29.1. The van der Waals surface area contributed by atoms with Crippen LogP contribution in [0.2, 0.25) is 0 Å². The van der Waals surface area contributed by atoms with Crippen molar-refractivity contribution in [3.63, 3.8) is 0 Å². The molecule has 216 valence electrons. The van der Waals surface area contributed by atoms with Gasteiger partial charge in [0.05, 0.1) is 18.4 Å². The van der Waals surface area contributed by atoms with Gasteiger partial charge in [-0.05, 0) is 79.5 Å². The topological polar surface area (TPSA) is 97.3 Å². The van der Waals surface area contributed by atoms with Crippen LogP contribution in [0.4, 0.5) is 5.00 Å². The minimum atomic E-state index is -0.297. The Morgan fingerprint density at radius 1 is 0.976 bits per heavy atom. The molecule has 9 heteroatoms. The Hall–Kier alpha value is -3.37. The lowest BCUT2D eigenvalue weighted by molar-refractivity contribution is 0.0955. The first-order valence-electron chi connectivity index (χ1n) is 14.4. The molecular formula is C32H39N5O3S. The fourth-order valence-corrected chi connectivity index (χ4v) is 6.80. The van der Waals surface area contributed by atoms with E-state index in [1.54, 1.807) is 6.21 Å². The molecule has 2 amide bonds. The molecule has 3 aromatic rings. The molecule has 2 heterocycles. The molecule has 1 aliphatic heterocycles. The van der Waals surface area contributed by atoms with Gasteiger partial charge in [-0.2, -0.15) is 5.10 Å². The van der Waals surface area contributed by atoms with E-state index in [1.807, 2.05) is 42.5 Å². The largest absolute Gasteiger partial charge is 0.395 e. The Bertz CT molecular complexity index is 1420. The van der Waals surface area contributed by atoms with Crippen LogP contribution in [0, 0.1) is 13.8 Å². The quantitative estimate of drug-likeness (QED) is 0.261. The van der Waals surface area contributed by atoms with Gasteiger partial charge in [-0.1, -0.05) is 30.3 Å². The molecule has 1 saturated heterocycles. The molecule has 0 saturated carbocycles. The second kappa shape index (κ2) is 13.5. The van der Waals surface area contributed by atoms with Crippen LogP contribution in [0.1, 0.15) is 66.3 Å². The average Bonchev–Trinajstić information content (AvgIpc) is 3.34. The van der Waals surface area contributed by atoms with Crippen molar-refractivity contribution in [2.45, 2.75) is 46.1 Å². The fourth-order valence-electron chi connectivity index (χ4n) is 5.52. The predicted molar refractivity (Wildman–Crippen MR) is 165 cm³/mol. The Morgan fingerprint density at radius 3 is 2.54 bits per heavy atom. The van der Waals surface area contributed by atoms with Gasteiger partial charge in [0.15, 0.2) is 0 Å². The summed E-state index contributed by atoms with van der Waals surface area (Å²) in [5.74, 6) is -0.514. The average molecular weight is 574 g/mol. The lowest BCUT2D eigenvalue weighted by Crippen LogP contribution is -2.46. The molecule has 1 aliphatic carbocycles. The number of carbonyl (C=O) groups is 2. The predicted octanol–water partition coefficient (Wildman–Crippen LogP) is 4.37. The Balaban J connectivity index is 1.28. The molecule has 5 rings (SSSR count).